The zero-order valence-corrected chi connectivity index (χ0v) is 12.2. The minimum Gasteiger partial charge on any atom is -0.303 e. The van der Waals surface area contributed by atoms with Crippen LogP contribution in [-0.2, 0) is 0 Å². The van der Waals surface area contributed by atoms with Crippen molar-refractivity contribution >= 4 is 5.78 Å². The summed E-state index contributed by atoms with van der Waals surface area (Å²) in [6.07, 6.45) is 2.64. The van der Waals surface area contributed by atoms with Crippen LogP contribution in [0.4, 0.5) is 4.39 Å². The van der Waals surface area contributed by atoms with Gasteiger partial charge in [0.05, 0.1) is 0 Å². The van der Waals surface area contributed by atoms with Crippen LogP contribution in [0.15, 0.2) is 18.2 Å². The Hall–Kier alpha value is -1.22. The Labute approximate surface area is 115 Å². The standard InChI is InChI=1S/C16H24FNO/c1-4-9-18(10-5-2)11-8-16(19)14-7-6-13(3)15(17)12-14/h6-7,12H,4-5,8-11H2,1-3H3. The number of ketones is 1. The molecule has 0 aliphatic rings. The van der Waals surface area contributed by atoms with Crippen molar-refractivity contribution in [2.45, 2.75) is 40.0 Å². The molecule has 0 N–H and O–H groups in total. The van der Waals surface area contributed by atoms with E-state index < -0.39 is 0 Å². The van der Waals surface area contributed by atoms with E-state index in [-0.39, 0.29) is 11.6 Å². The zero-order valence-electron chi connectivity index (χ0n) is 12.2. The Morgan fingerprint density at radius 1 is 1.16 bits per heavy atom. The maximum Gasteiger partial charge on any atom is 0.164 e. The van der Waals surface area contributed by atoms with Crippen LogP contribution >= 0.6 is 0 Å². The topological polar surface area (TPSA) is 20.3 Å². The molecule has 0 bridgehead atoms. The van der Waals surface area contributed by atoms with Crippen LogP contribution < -0.4 is 0 Å². The molecule has 0 atom stereocenters. The van der Waals surface area contributed by atoms with Crippen molar-refractivity contribution in [2.75, 3.05) is 19.6 Å². The second kappa shape index (κ2) is 8.05. The molecule has 0 fully saturated rings. The summed E-state index contributed by atoms with van der Waals surface area (Å²) < 4.78 is 13.4. The van der Waals surface area contributed by atoms with Crippen molar-refractivity contribution in [1.29, 1.82) is 0 Å². The van der Waals surface area contributed by atoms with Gasteiger partial charge in [-0.3, -0.25) is 4.79 Å². The maximum atomic E-state index is 13.4. The predicted molar refractivity (Wildman–Crippen MR) is 77.1 cm³/mol. The number of Topliss-reactive ketones (excluding diaryl/α,β-unsaturated/α-hetero) is 1. The van der Waals surface area contributed by atoms with E-state index in [1.807, 2.05) is 0 Å². The maximum absolute atomic E-state index is 13.4. The Morgan fingerprint density at radius 2 is 1.79 bits per heavy atom. The van der Waals surface area contributed by atoms with Gasteiger partial charge in [-0.2, -0.15) is 0 Å². The van der Waals surface area contributed by atoms with Crippen LogP contribution in [0.2, 0.25) is 0 Å². The summed E-state index contributed by atoms with van der Waals surface area (Å²) in [7, 11) is 0. The van der Waals surface area contributed by atoms with Gasteiger partial charge in [-0.05, 0) is 44.5 Å². The fourth-order valence-corrected chi connectivity index (χ4v) is 2.14. The number of nitrogens with zero attached hydrogens (tertiary/aromatic N) is 1. The molecular weight excluding hydrogens is 241 g/mol. The first-order chi connectivity index (χ1) is 9.08. The predicted octanol–water partition coefficient (Wildman–Crippen LogP) is 3.83. The molecule has 0 unspecified atom stereocenters. The van der Waals surface area contributed by atoms with Crippen LogP contribution in [0.25, 0.3) is 0 Å². The normalized spacial score (nSPS) is 11.0. The summed E-state index contributed by atoms with van der Waals surface area (Å²) in [4.78, 5) is 14.3. The van der Waals surface area contributed by atoms with E-state index in [9.17, 15) is 9.18 Å². The lowest BCUT2D eigenvalue weighted by atomic mass is 10.1. The first-order valence-electron chi connectivity index (χ1n) is 7.10. The lowest BCUT2D eigenvalue weighted by Gasteiger charge is -2.20. The van der Waals surface area contributed by atoms with Gasteiger partial charge < -0.3 is 4.90 Å². The van der Waals surface area contributed by atoms with E-state index in [2.05, 4.69) is 18.7 Å². The van der Waals surface area contributed by atoms with Crippen LogP contribution in [0.1, 0.15) is 49.0 Å². The van der Waals surface area contributed by atoms with Crippen molar-refractivity contribution in [2.24, 2.45) is 0 Å². The monoisotopic (exact) mass is 265 g/mol. The van der Waals surface area contributed by atoms with Gasteiger partial charge >= 0.3 is 0 Å². The highest BCUT2D eigenvalue weighted by Crippen LogP contribution is 2.11. The number of carbonyl (C=O) groups excluding carboxylic acids is 1. The molecule has 19 heavy (non-hydrogen) atoms. The zero-order chi connectivity index (χ0) is 14.3. The molecule has 2 nitrogen and oxygen atoms in total. The number of aryl methyl sites for hydroxylation is 1. The molecule has 106 valence electrons. The third-order valence-electron chi connectivity index (χ3n) is 3.23. The fourth-order valence-electron chi connectivity index (χ4n) is 2.14. The quantitative estimate of drug-likeness (QED) is 0.666. The Bertz CT molecular complexity index is 411. The molecule has 0 heterocycles. The Balaban J connectivity index is 2.56. The SMILES string of the molecule is CCCN(CCC)CCC(=O)c1ccc(C)c(F)c1. The first kappa shape index (κ1) is 15.8. The molecule has 1 aromatic carbocycles. The number of benzene rings is 1. The Morgan fingerprint density at radius 3 is 2.32 bits per heavy atom. The van der Waals surface area contributed by atoms with Gasteiger partial charge in [0.15, 0.2) is 5.78 Å². The van der Waals surface area contributed by atoms with E-state index >= 15 is 0 Å². The molecule has 0 amide bonds. The molecule has 0 aliphatic heterocycles. The largest absolute Gasteiger partial charge is 0.303 e. The average Bonchev–Trinajstić information content (AvgIpc) is 2.39. The van der Waals surface area contributed by atoms with Gasteiger partial charge in [-0.25, -0.2) is 4.39 Å². The van der Waals surface area contributed by atoms with Gasteiger partial charge in [-0.15, -0.1) is 0 Å². The van der Waals surface area contributed by atoms with Crippen LogP contribution in [0, 0.1) is 12.7 Å². The number of hydrogen-bond donors (Lipinski definition) is 0. The summed E-state index contributed by atoms with van der Waals surface area (Å²) in [6.45, 7) is 8.77. The molecule has 1 rings (SSSR count). The molecule has 1 aromatic rings. The number of rotatable bonds is 8. The van der Waals surface area contributed by atoms with Crippen LogP contribution in [-0.4, -0.2) is 30.3 Å². The number of halogens is 1. The van der Waals surface area contributed by atoms with Crippen LogP contribution in [0.3, 0.4) is 0 Å². The highest BCUT2D eigenvalue weighted by atomic mass is 19.1. The van der Waals surface area contributed by atoms with E-state index in [1.165, 1.54) is 6.07 Å². The average molecular weight is 265 g/mol. The van der Waals surface area contributed by atoms with Crippen molar-refractivity contribution in [3.63, 3.8) is 0 Å². The van der Waals surface area contributed by atoms with E-state index in [1.54, 1.807) is 19.1 Å². The molecule has 3 heteroatoms. The van der Waals surface area contributed by atoms with Gasteiger partial charge in [0.2, 0.25) is 0 Å². The minimum absolute atomic E-state index is 0.0242. The molecule has 0 aliphatic carbocycles. The second-order valence-corrected chi connectivity index (χ2v) is 4.98. The smallest absolute Gasteiger partial charge is 0.164 e. The van der Waals surface area contributed by atoms with Crippen molar-refractivity contribution in [3.05, 3.63) is 35.1 Å². The summed E-state index contributed by atoms with van der Waals surface area (Å²) in [5, 5.41) is 0. The summed E-state index contributed by atoms with van der Waals surface area (Å²) in [5.74, 6) is -0.277. The number of hydrogen-bond acceptors (Lipinski definition) is 2. The lowest BCUT2D eigenvalue weighted by Crippen LogP contribution is -2.28. The van der Waals surface area contributed by atoms with Gasteiger partial charge in [0.1, 0.15) is 5.82 Å². The van der Waals surface area contributed by atoms with Gasteiger partial charge in [-0.1, -0.05) is 26.0 Å². The number of carbonyl (C=O) groups is 1. The molecule has 0 aromatic heterocycles. The Kier molecular flexibility index (Phi) is 6.71. The third kappa shape index (κ3) is 5.11. The molecule has 0 saturated heterocycles. The molecule has 0 spiro atoms. The molecular formula is C16H24FNO. The third-order valence-corrected chi connectivity index (χ3v) is 3.23. The summed E-state index contributed by atoms with van der Waals surface area (Å²) in [6, 6.07) is 4.73. The highest BCUT2D eigenvalue weighted by Gasteiger charge is 2.10. The molecule has 0 saturated carbocycles. The highest BCUT2D eigenvalue weighted by molar-refractivity contribution is 5.96. The second-order valence-electron chi connectivity index (χ2n) is 4.98. The van der Waals surface area contributed by atoms with E-state index in [0.29, 0.717) is 17.5 Å². The van der Waals surface area contributed by atoms with Crippen molar-refractivity contribution in [1.82, 2.24) is 4.90 Å². The van der Waals surface area contributed by atoms with Crippen molar-refractivity contribution < 1.29 is 9.18 Å². The fraction of sp³-hybridized carbons (Fsp3) is 0.562. The first-order valence-corrected chi connectivity index (χ1v) is 7.10. The van der Waals surface area contributed by atoms with Gasteiger partial charge in [0, 0.05) is 18.5 Å². The van der Waals surface area contributed by atoms with Gasteiger partial charge in [0.25, 0.3) is 0 Å². The van der Waals surface area contributed by atoms with Crippen molar-refractivity contribution in [3.8, 4) is 0 Å². The molecule has 0 radical (unpaired) electrons. The van der Waals surface area contributed by atoms with E-state index in [0.717, 1.165) is 32.5 Å². The minimum atomic E-state index is -0.301. The van der Waals surface area contributed by atoms with E-state index in [4.69, 9.17) is 0 Å². The summed E-state index contributed by atoms with van der Waals surface area (Å²) >= 11 is 0. The lowest BCUT2D eigenvalue weighted by molar-refractivity contribution is 0.0963. The summed E-state index contributed by atoms with van der Waals surface area (Å²) in [5.41, 5.74) is 1.06. The van der Waals surface area contributed by atoms with Crippen LogP contribution in [0.5, 0.6) is 0 Å².